The molecular weight excluding hydrogens is 482 g/mol. The second-order valence-corrected chi connectivity index (χ2v) is 9.01. The molecule has 4 atom stereocenters. The van der Waals surface area contributed by atoms with E-state index in [1.807, 2.05) is 6.26 Å². The number of nitrogens with zero attached hydrogens (tertiary/aromatic N) is 1. The predicted molar refractivity (Wildman–Crippen MR) is 133 cm³/mol. The van der Waals surface area contributed by atoms with Gasteiger partial charge < -0.3 is 37.5 Å². The number of carboxylic acid groups (broad SMARTS) is 1. The summed E-state index contributed by atoms with van der Waals surface area (Å²) in [5.74, 6) is -2.46. The van der Waals surface area contributed by atoms with Gasteiger partial charge in [-0.05, 0) is 44.2 Å². The van der Waals surface area contributed by atoms with Crippen LogP contribution in [0.25, 0.3) is 0 Å². The highest BCUT2D eigenvalue weighted by atomic mass is 32.2. The third-order valence-electron chi connectivity index (χ3n) is 4.95. The zero-order valence-electron chi connectivity index (χ0n) is 19.2. The lowest BCUT2D eigenvalue weighted by Gasteiger charge is -2.25. The molecule has 0 saturated heterocycles. The van der Waals surface area contributed by atoms with Crippen molar-refractivity contribution >= 4 is 48.1 Å². The number of rotatable bonds is 17. The van der Waals surface area contributed by atoms with Crippen molar-refractivity contribution in [2.75, 3.05) is 24.3 Å². The minimum absolute atomic E-state index is 0.106. The highest BCUT2D eigenvalue weighted by Crippen LogP contribution is 2.07. The number of aliphatic carboxylic acids is 1. The van der Waals surface area contributed by atoms with Crippen molar-refractivity contribution in [3.05, 3.63) is 18.2 Å². The number of aromatic amines is 1. The van der Waals surface area contributed by atoms with Crippen molar-refractivity contribution in [1.29, 1.82) is 0 Å². The lowest BCUT2D eigenvalue weighted by molar-refractivity contribution is -0.141. The van der Waals surface area contributed by atoms with Gasteiger partial charge in [-0.3, -0.25) is 14.4 Å². The number of H-pyrrole nitrogens is 1. The summed E-state index contributed by atoms with van der Waals surface area (Å²) >= 11 is 5.45. The first-order valence-corrected chi connectivity index (χ1v) is 12.9. The van der Waals surface area contributed by atoms with E-state index >= 15 is 0 Å². The standard InChI is InChI=1S/C20H35N7O5S2/c1-34-7-5-15(25-17(28)13(22)8-12-9-23-11-24-12)19(30)26-14(4-2-3-6-21)18(29)27-16(10-33)20(31)32/h9,11,13-16,33H,2-8,10,21-22H2,1H3,(H,23,24)(H,25,28)(H,26,30)(H,27,29)(H,31,32). The van der Waals surface area contributed by atoms with Crippen molar-refractivity contribution in [1.82, 2.24) is 25.9 Å². The van der Waals surface area contributed by atoms with Gasteiger partial charge in [0.2, 0.25) is 17.7 Å². The van der Waals surface area contributed by atoms with Crippen LogP contribution in [0.15, 0.2) is 12.5 Å². The first-order chi connectivity index (χ1) is 16.2. The summed E-state index contributed by atoms with van der Waals surface area (Å²) < 4.78 is 0. The highest BCUT2D eigenvalue weighted by Gasteiger charge is 2.29. The summed E-state index contributed by atoms with van der Waals surface area (Å²) in [7, 11) is 0. The monoisotopic (exact) mass is 517 g/mol. The number of amides is 3. The first kappa shape index (κ1) is 29.7. The van der Waals surface area contributed by atoms with E-state index in [1.54, 1.807) is 6.20 Å². The van der Waals surface area contributed by atoms with E-state index in [4.69, 9.17) is 11.5 Å². The molecule has 0 saturated carbocycles. The number of hydrogen-bond acceptors (Lipinski definition) is 9. The Morgan fingerprint density at radius 1 is 1.09 bits per heavy atom. The first-order valence-electron chi connectivity index (χ1n) is 10.9. The van der Waals surface area contributed by atoms with Crippen LogP contribution in [-0.4, -0.2) is 87.2 Å². The number of nitrogens with one attached hydrogen (secondary N) is 4. The average molecular weight is 518 g/mol. The fraction of sp³-hybridized carbons (Fsp3) is 0.650. The second-order valence-electron chi connectivity index (χ2n) is 7.66. The second kappa shape index (κ2) is 16.4. The van der Waals surface area contributed by atoms with E-state index in [2.05, 4.69) is 38.5 Å². The van der Waals surface area contributed by atoms with Gasteiger partial charge in [0.25, 0.3) is 0 Å². The minimum Gasteiger partial charge on any atom is -0.480 e. The van der Waals surface area contributed by atoms with Gasteiger partial charge in [-0.15, -0.1) is 0 Å². The molecule has 1 aromatic rings. The van der Waals surface area contributed by atoms with Crippen LogP contribution in [0.1, 0.15) is 31.4 Å². The number of unbranched alkanes of at least 4 members (excludes halogenated alkanes) is 1. The third-order valence-corrected chi connectivity index (χ3v) is 5.96. The van der Waals surface area contributed by atoms with Crippen molar-refractivity contribution in [2.45, 2.75) is 56.3 Å². The Labute approximate surface area is 208 Å². The van der Waals surface area contributed by atoms with Crippen LogP contribution in [0.4, 0.5) is 0 Å². The predicted octanol–water partition coefficient (Wildman–Crippen LogP) is -1.37. The lowest BCUT2D eigenvalue weighted by atomic mass is 10.1. The topological polar surface area (TPSA) is 205 Å². The number of carbonyl (C=O) groups excluding carboxylic acids is 3. The Bertz CT molecular complexity index is 781. The molecule has 0 fully saturated rings. The summed E-state index contributed by atoms with van der Waals surface area (Å²) in [6.45, 7) is 0.414. The van der Waals surface area contributed by atoms with Crippen LogP contribution >= 0.6 is 24.4 Å². The van der Waals surface area contributed by atoms with E-state index in [1.165, 1.54) is 18.1 Å². The maximum absolute atomic E-state index is 13.0. The molecule has 4 unspecified atom stereocenters. The van der Waals surface area contributed by atoms with E-state index in [0.717, 1.165) is 0 Å². The normalized spacial score (nSPS) is 14.5. The molecule has 0 aliphatic rings. The third kappa shape index (κ3) is 10.8. The van der Waals surface area contributed by atoms with Crippen molar-refractivity contribution in [2.24, 2.45) is 11.5 Å². The molecule has 9 N–H and O–H groups in total. The van der Waals surface area contributed by atoms with E-state index < -0.39 is 47.9 Å². The van der Waals surface area contributed by atoms with Crippen molar-refractivity contribution in [3.63, 3.8) is 0 Å². The van der Waals surface area contributed by atoms with Crippen LogP contribution in [0.5, 0.6) is 0 Å². The van der Waals surface area contributed by atoms with Gasteiger partial charge in [0.1, 0.15) is 18.1 Å². The maximum Gasteiger partial charge on any atom is 0.327 e. The molecule has 0 aliphatic carbocycles. The van der Waals surface area contributed by atoms with E-state index in [0.29, 0.717) is 37.3 Å². The molecule has 0 spiro atoms. The zero-order chi connectivity index (χ0) is 25.5. The SMILES string of the molecule is CSCCC(NC(=O)C(N)Cc1cnc[nH]1)C(=O)NC(CCCCN)C(=O)NC(CS)C(=O)O. The quantitative estimate of drug-likeness (QED) is 0.0905. The fourth-order valence-electron chi connectivity index (χ4n) is 3.00. The summed E-state index contributed by atoms with van der Waals surface area (Å²) in [5.41, 5.74) is 12.2. The molecule has 1 aromatic heterocycles. The summed E-state index contributed by atoms with van der Waals surface area (Å²) in [6, 6.07) is -4.01. The Morgan fingerprint density at radius 2 is 1.71 bits per heavy atom. The number of imidazole rings is 1. The molecule has 14 heteroatoms. The summed E-state index contributed by atoms with van der Waals surface area (Å²) in [5, 5.41) is 16.9. The molecule has 12 nitrogen and oxygen atoms in total. The van der Waals surface area contributed by atoms with Crippen LogP contribution in [-0.2, 0) is 25.6 Å². The van der Waals surface area contributed by atoms with Gasteiger partial charge in [0.15, 0.2) is 0 Å². The molecule has 1 heterocycles. The molecule has 0 bridgehead atoms. The maximum atomic E-state index is 13.0. The van der Waals surface area contributed by atoms with Gasteiger partial charge in [-0.1, -0.05) is 0 Å². The Kier molecular flexibility index (Phi) is 14.3. The van der Waals surface area contributed by atoms with Crippen LogP contribution in [0, 0.1) is 0 Å². The van der Waals surface area contributed by atoms with Gasteiger partial charge in [0.05, 0.1) is 12.4 Å². The zero-order valence-corrected chi connectivity index (χ0v) is 20.9. The van der Waals surface area contributed by atoms with Gasteiger partial charge >= 0.3 is 5.97 Å². The molecule has 1 rings (SSSR count). The van der Waals surface area contributed by atoms with Crippen LogP contribution in [0.2, 0.25) is 0 Å². The number of thioether (sulfide) groups is 1. The molecule has 34 heavy (non-hydrogen) atoms. The van der Waals surface area contributed by atoms with Gasteiger partial charge in [-0.25, -0.2) is 9.78 Å². The minimum atomic E-state index is -1.23. The Morgan fingerprint density at radius 3 is 2.24 bits per heavy atom. The Hall–Kier alpha value is -2.29. The van der Waals surface area contributed by atoms with Crippen LogP contribution in [0.3, 0.4) is 0 Å². The summed E-state index contributed by atoms with van der Waals surface area (Å²) in [6.07, 6.45) is 6.88. The smallest absolute Gasteiger partial charge is 0.327 e. The van der Waals surface area contributed by atoms with Crippen LogP contribution < -0.4 is 27.4 Å². The molecule has 0 aromatic carbocycles. The van der Waals surface area contributed by atoms with Crippen molar-refractivity contribution < 1.29 is 24.3 Å². The number of aromatic nitrogens is 2. The van der Waals surface area contributed by atoms with Gasteiger partial charge in [0, 0.05) is 24.1 Å². The number of nitrogens with two attached hydrogens (primary N) is 2. The average Bonchev–Trinajstić information content (AvgIpc) is 3.31. The molecular formula is C20H35N7O5S2. The number of carboxylic acids is 1. The fourth-order valence-corrected chi connectivity index (χ4v) is 3.72. The highest BCUT2D eigenvalue weighted by molar-refractivity contribution is 7.98. The molecule has 3 amide bonds. The van der Waals surface area contributed by atoms with Crippen molar-refractivity contribution in [3.8, 4) is 0 Å². The molecule has 0 radical (unpaired) electrons. The summed E-state index contributed by atoms with van der Waals surface area (Å²) in [4.78, 5) is 56.4. The van der Waals surface area contributed by atoms with Gasteiger partial charge in [-0.2, -0.15) is 24.4 Å². The molecule has 192 valence electrons. The largest absolute Gasteiger partial charge is 0.480 e. The number of carbonyl (C=O) groups is 4. The number of thiol groups is 1. The Balaban J connectivity index is 2.88. The number of hydrogen-bond donors (Lipinski definition) is 8. The van der Waals surface area contributed by atoms with E-state index in [-0.39, 0.29) is 18.6 Å². The van der Waals surface area contributed by atoms with E-state index in [9.17, 15) is 24.3 Å². The lowest BCUT2D eigenvalue weighted by Crippen LogP contribution is -2.57. The molecule has 0 aliphatic heterocycles.